The number of amides is 1. The highest BCUT2D eigenvalue weighted by Gasteiger charge is 2.20. The normalized spacial score (nSPS) is 12.6. The monoisotopic (exact) mass is 403 g/mol. The summed E-state index contributed by atoms with van der Waals surface area (Å²) >= 11 is 0. The van der Waals surface area contributed by atoms with Gasteiger partial charge in [-0.25, -0.2) is 4.79 Å². The Bertz CT molecular complexity index is 795. The van der Waals surface area contributed by atoms with Gasteiger partial charge in [-0.05, 0) is 58.7 Å². The summed E-state index contributed by atoms with van der Waals surface area (Å²) in [5.74, 6) is -0.184. The molecular formula is C22H33N3O4. The quantitative estimate of drug-likeness (QED) is 0.417. The number of fused-ring (bicyclic) bond motifs is 1. The molecule has 7 heteroatoms. The number of hydrogen-bond donors (Lipinski definition) is 3. The lowest BCUT2D eigenvalue weighted by Gasteiger charge is -2.24. The van der Waals surface area contributed by atoms with E-state index in [-0.39, 0.29) is 12.0 Å². The molecule has 0 bridgehead atoms. The number of hydrogen-bond acceptors (Lipinski definition) is 5. The predicted molar refractivity (Wildman–Crippen MR) is 114 cm³/mol. The summed E-state index contributed by atoms with van der Waals surface area (Å²) < 4.78 is 10.3. The largest absolute Gasteiger partial charge is 0.466 e. The molecule has 0 aliphatic heterocycles. The number of carbonyl (C=O) groups excluding carboxylic acids is 2. The second kappa shape index (κ2) is 10.9. The van der Waals surface area contributed by atoms with E-state index in [2.05, 4.69) is 21.7 Å². The van der Waals surface area contributed by atoms with E-state index >= 15 is 0 Å². The fourth-order valence-corrected chi connectivity index (χ4v) is 3.08. The molecule has 1 aromatic carbocycles. The van der Waals surface area contributed by atoms with Crippen LogP contribution < -0.4 is 10.6 Å². The van der Waals surface area contributed by atoms with Crippen LogP contribution in [0.3, 0.4) is 0 Å². The molecule has 0 fully saturated rings. The summed E-state index contributed by atoms with van der Waals surface area (Å²) in [5.41, 5.74) is 1.65. The van der Waals surface area contributed by atoms with Crippen molar-refractivity contribution in [3.05, 3.63) is 36.0 Å². The predicted octanol–water partition coefficient (Wildman–Crippen LogP) is 3.54. The number of rotatable bonds is 10. The maximum Gasteiger partial charge on any atom is 0.407 e. The zero-order valence-electron chi connectivity index (χ0n) is 17.8. The van der Waals surface area contributed by atoms with Gasteiger partial charge in [0.25, 0.3) is 0 Å². The average Bonchev–Trinajstić information content (AvgIpc) is 3.03. The fourth-order valence-electron chi connectivity index (χ4n) is 3.08. The van der Waals surface area contributed by atoms with Crippen molar-refractivity contribution in [2.75, 3.05) is 19.7 Å². The van der Waals surface area contributed by atoms with Gasteiger partial charge in [0, 0.05) is 36.1 Å². The highest BCUT2D eigenvalue weighted by atomic mass is 16.6. The number of carbonyl (C=O) groups is 2. The smallest absolute Gasteiger partial charge is 0.407 e. The molecule has 1 amide bonds. The molecule has 2 aromatic rings. The number of para-hydroxylation sites is 1. The van der Waals surface area contributed by atoms with Crippen LogP contribution in [0.25, 0.3) is 10.9 Å². The van der Waals surface area contributed by atoms with E-state index in [4.69, 9.17) is 9.47 Å². The van der Waals surface area contributed by atoms with Gasteiger partial charge in [-0.3, -0.25) is 4.79 Å². The van der Waals surface area contributed by atoms with Gasteiger partial charge in [-0.15, -0.1) is 0 Å². The van der Waals surface area contributed by atoms with Gasteiger partial charge in [0.2, 0.25) is 0 Å². The Kier molecular flexibility index (Phi) is 8.51. The van der Waals surface area contributed by atoms with Crippen molar-refractivity contribution >= 4 is 23.0 Å². The van der Waals surface area contributed by atoms with E-state index in [1.807, 2.05) is 45.2 Å². The van der Waals surface area contributed by atoms with Gasteiger partial charge in [0.15, 0.2) is 0 Å². The van der Waals surface area contributed by atoms with E-state index in [1.165, 1.54) is 0 Å². The first kappa shape index (κ1) is 22.7. The van der Waals surface area contributed by atoms with Crippen molar-refractivity contribution in [1.82, 2.24) is 15.6 Å². The molecule has 1 atom stereocenters. The van der Waals surface area contributed by atoms with Gasteiger partial charge < -0.3 is 25.1 Å². The topological polar surface area (TPSA) is 92.5 Å². The lowest BCUT2D eigenvalue weighted by atomic mass is 10.0. The minimum absolute atomic E-state index is 0.147. The molecule has 1 aromatic heterocycles. The standard InChI is InChI=1S/C22H33N3O4/c1-5-28-20(26)11-8-12-23-15-17(25-21(27)29-22(2,3)4)13-16-14-24-19-10-7-6-9-18(16)19/h6-7,9-10,14,17,23-24H,5,8,11-13,15H2,1-4H3,(H,25,27)/t17-/m1/s1. The third kappa shape index (κ3) is 8.15. The molecule has 2 rings (SSSR count). The minimum atomic E-state index is -0.553. The molecule has 0 unspecified atom stereocenters. The highest BCUT2D eigenvalue weighted by molar-refractivity contribution is 5.83. The number of benzene rings is 1. The summed E-state index contributed by atoms with van der Waals surface area (Å²) in [4.78, 5) is 27.0. The molecule has 7 nitrogen and oxygen atoms in total. The molecule has 29 heavy (non-hydrogen) atoms. The number of aromatic amines is 1. The molecule has 0 saturated carbocycles. The number of aromatic nitrogens is 1. The Morgan fingerprint density at radius 3 is 2.69 bits per heavy atom. The van der Waals surface area contributed by atoms with Gasteiger partial charge in [0.1, 0.15) is 5.60 Å². The molecule has 0 spiro atoms. The summed E-state index contributed by atoms with van der Waals surface area (Å²) in [5, 5.41) is 7.44. The zero-order valence-corrected chi connectivity index (χ0v) is 17.8. The number of esters is 1. The Balaban J connectivity index is 1.94. The number of alkyl carbamates (subject to hydrolysis) is 1. The Morgan fingerprint density at radius 2 is 1.97 bits per heavy atom. The van der Waals surface area contributed by atoms with E-state index < -0.39 is 11.7 Å². The van der Waals surface area contributed by atoms with E-state index in [0.29, 0.717) is 39.0 Å². The van der Waals surface area contributed by atoms with Gasteiger partial charge in [-0.1, -0.05) is 18.2 Å². The third-order valence-corrected chi connectivity index (χ3v) is 4.29. The van der Waals surface area contributed by atoms with Crippen LogP contribution in [0.5, 0.6) is 0 Å². The van der Waals surface area contributed by atoms with Crippen LogP contribution in [-0.2, 0) is 20.7 Å². The van der Waals surface area contributed by atoms with E-state index in [1.54, 1.807) is 6.92 Å². The first-order valence-corrected chi connectivity index (χ1v) is 10.2. The maximum atomic E-state index is 12.3. The first-order chi connectivity index (χ1) is 13.8. The van der Waals surface area contributed by atoms with Crippen molar-refractivity contribution in [2.45, 2.75) is 58.6 Å². The lowest BCUT2D eigenvalue weighted by molar-refractivity contribution is -0.143. The fraction of sp³-hybridized carbons (Fsp3) is 0.545. The Hall–Kier alpha value is -2.54. The van der Waals surface area contributed by atoms with Crippen molar-refractivity contribution < 1.29 is 19.1 Å². The summed E-state index contributed by atoms with van der Waals surface area (Å²) in [6.07, 6.45) is 3.28. The molecule has 0 saturated heterocycles. The average molecular weight is 404 g/mol. The Labute approximate surface area is 172 Å². The SMILES string of the molecule is CCOC(=O)CCCNC[C@@H](Cc1c[nH]c2ccccc12)NC(=O)OC(C)(C)C. The van der Waals surface area contributed by atoms with Crippen molar-refractivity contribution in [3.63, 3.8) is 0 Å². The third-order valence-electron chi connectivity index (χ3n) is 4.29. The second-order valence-corrected chi connectivity index (χ2v) is 8.02. The van der Waals surface area contributed by atoms with Crippen LogP contribution in [0, 0.1) is 0 Å². The molecule has 160 valence electrons. The lowest BCUT2D eigenvalue weighted by Crippen LogP contribution is -2.45. The number of ether oxygens (including phenoxy) is 2. The van der Waals surface area contributed by atoms with E-state index in [0.717, 1.165) is 16.5 Å². The Morgan fingerprint density at radius 1 is 1.21 bits per heavy atom. The first-order valence-electron chi connectivity index (χ1n) is 10.2. The van der Waals surface area contributed by atoms with Crippen LogP contribution >= 0.6 is 0 Å². The zero-order chi connectivity index (χ0) is 21.3. The summed E-state index contributed by atoms with van der Waals surface area (Å²) in [7, 11) is 0. The van der Waals surface area contributed by atoms with Gasteiger partial charge in [-0.2, -0.15) is 0 Å². The van der Waals surface area contributed by atoms with Crippen molar-refractivity contribution in [3.8, 4) is 0 Å². The van der Waals surface area contributed by atoms with Crippen LogP contribution in [0.2, 0.25) is 0 Å². The number of nitrogens with one attached hydrogen (secondary N) is 3. The summed E-state index contributed by atoms with van der Waals surface area (Å²) in [6.45, 7) is 8.96. The molecule has 0 aliphatic carbocycles. The van der Waals surface area contributed by atoms with Crippen LogP contribution in [0.1, 0.15) is 46.1 Å². The molecule has 0 radical (unpaired) electrons. The maximum absolute atomic E-state index is 12.3. The highest BCUT2D eigenvalue weighted by Crippen LogP contribution is 2.19. The molecule has 0 aliphatic rings. The van der Waals surface area contributed by atoms with Crippen LogP contribution in [0.4, 0.5) is 4.79 Å². The molecule has 1 heterocycles. The molecule has 3 N–H and O–H groups in total. The van der Waals surface area contributed by atoms with Crippen molar-refractivity contribution in [1.29, 1.82) is 0 Å². The van der Waals surface area contributed by atoms with E-state index in [9.17, 15) is 9.59 Å². The number of H-pyrrole nitrogens is 1. The molecular weight excluding hydrogens is 370 g/mol. The minimum Gasteiger partial charge on any atom is -0.466 e. The second-order valence-electron chi connectivity index (χ2n) is 8.02. The summed E-state index contributed by atoms with van der Waals surface area (Å²) in [6, 6.07) is 7.95. The van der Waals surface area contributed by atoms with Crippen LogP contribution in [0.15, 0.2) is 30.5 Å². The van der Waals surface area contributed by atoms with Gasteiger partial charge >= 0.3 is 12.1 Å². The van der Waals surface area contributed by atoms with Gasteiger partial charge in [0.05, 0.1) is 6.61 Å². The van der Waals surface area contributed by atoms with Crippen molar-refractivity contribution in [2.24, 2.45) is 0 Å². The van der Waals surface area contributed by atoms with Crippen LogP contribution in [-0.4, -0.2) is 48.4 Å².